The summed E-state index contributed by atoms with van der Waals surface area (Å²) < 4.78 is 29.9. The molecule has 7 heteroatoms. The highest BCUT2D eigenvalue weighted by Crippen LogP contribution is 2.31. The Hall–Kier alpha value is -1.24. The number of carbonyl (C=O) groups is 1. The number of hydrogen-bond acceptors (Lipinski definition) is 4. The summed E-state index contributed by atoms with van der Waals surface area (Å²) in [5, 5.41) is 0. The average Bonchev–Trinajstić information content (AvgIpc) is 2.24. The molecule has 0 fully saturated rings. The fourth-order valence-electron chi connectivity index (χ4n) is 1.24. The Balaban J connectivity index is 3.05. The predicted octanol–water partition coefficient (Wildman–Crippen LogP) is 2.47. The summed E-state index contributed by atoms with van der Waals surface area (Å²) >= 11 is 2.98. The van der Waals surface area contributed by atoms with E-state index in [0.29, 0.717) is 0 Å². The Morgan fingerprint density at radius 1 is 1.65 bits per heavy atom. The lowest BCUT2D eigenvalue weighted by atomic mass is 10.1. The molecule has 0 unspecified atom stereocenters. The molecule has 0 saturated carbocycles. The van der Waals surface area contributed by atoms with Gasteiger partial charge >= 0.3 is 5.97 Å². The van der Waals surface area contributed by atoms with Gasteiger partial charge in [-0.3, -0.25) is 9.78 Å². The highest BCUT2D eigenvalue weighted by Gasteiger charge is 2.20. The minimum atomic E-state index is -2.73. The molecular weight excluding hydrogens is 298 g/mol. The molecule has 17 heavy (non-hydrogen) atoms. The van der Waals surface area contributed by atoms with Crippen molar-refractivity contribution in [3.05, 3.63) is 21.9 Å². The van der Waals surface area contributed by atoms with Crippen molar-refractivity contribution in [1.82, 2.24) is 4.98 Å². The second-order valence-electron chi connectivity index (χ2n) is 3.17. The topological polar surface area (TPSA) is 65.2 Å². The number of hydrogen-bond donors (Lipinski definition) is 1. The third-order valence-corrected chi connectivity index (χ3v) is 2.90. The largest absolute Gasteiger partial charge is 0.466 e. The smallest absolute Gasteiger partial charge is 0.310 e. The van der Waals surface area contributed by atoms with E-state index in [1.54, 1.807) is 6.92 Å². The third-order valence-electron chi connectivity index (χ3n) is 2.01. The fraction of sp³-hybridized carbons (Fsp3) is 0.400. The van der Waals surface area contributed by atoms with Gasteiger partial charge in [0.1, 0.15) is 5.69 Å². The summed E-state index contributed by atoms with van der Waals surface area (Å²) in [5.74, 6) is -0.522. The predicted molar refractivity (Wildman–Crippen MR) is 61.6 cm³/mol. The van der Waals surface area contributed by atoms with Gasteiger partial charge in [0.15, 0.2) is 0 Å². The quantitative estimate of drug-likeness (QED) is 0.868. The first-order valence-corrected chi connectivity index (χ1v) is 5.63. The number of alkyl halides is 2. The van der Waals surface area contributed by atoms with Crippen molar-refractivity contribution in [3.8, 4) is 0 Å². The van der Waals surface area contributed by atoms with Gasteiger partial charge in [0.25, 0.3) is 6.43 Å². The molecule has 2 N–H and O–H groups in total. The van der Waals surface area contributed by atoms with E-state index in [9.17, 15) is 13.6 Å². The van der Waals surface area contributed by atoms with Gasteiger partial charge in [-0.2, -0.15) is 0 Å². The van der Waals surface area contributed by atoms with Crippen LogP contribution in [-0.2, 0) is 16.0 Å². The van der Waals surface area contributed by atoms with Gasteiger partial charge < -0.3 is 10.5 Å². The molecule has 0 radical (unpaired) electrons. The number of pyridine rings is 1. The number of esters is 1. The number of anilines is 1. The zero-order valence-electron chi connectivity index (χ0n) is 9.04. The standard InChI is InChI=1S/C10H11BrF2N2O2/c1-2-17-7(16)3-5-6(14)4-15-9(8(5)11)10(12)13/h4,10H,2-3,14H2,1H3. The van der Waals surface area contributed by atoms with Crippen molar-refractivity contribution in [2.75, 3.05) is 12.3 Å². The minimum Gasteiger partial charge on any atom is -0.466 e. The minimum absolute atomic E-state index is 0.0561. The summed E-state index contributed by atoms with van der Waals surface area (Å²) in [5.41, 5.74) is 5.61. The zero-order valence-corrected chi connectivity index (χ0v) is 10.6. The van der Waals surface area contributed by atoms with E-state index in [2.05, 4.69) is 20.9 Å². The second-order valence-corrected chi connectivity index (χ2v) is 3.97. The normalized spacial score (nSPS) is 10.6. The van der Waals surface area contributed by atoms with Gasteiger partial charge in [-0.15, -0.1) is 0 Å². The van der Waals surface area contributed by atoms with Crippen LogP contribution in [-0.4, -0.2) is 17.6 Å². The van der Waals surface area contributed by atoms with E-state index in [0.717, 1.165) is 6.20 Å². The summed E-state index contributed by atoms with van der Waals surface area (Å²) in [6.45, 7) is 1.89. The average molecular weight is 309 g/mol. The monoisotopic (exact) mass is 308 g/mol. The first kappa shape index (κ1) is 13.8. The highest BCUT2D eigenvalue weighted by atomic mass is 79.9. The number of rotatable bonds is 4. The maximum Gasteiger partial charge on any atom is 0.310 e. The number of carbonyl (C=O) groups excluding carboxylic acids is 1. The third kappa shape index (κ3) is 3.36. The number of ether oxygens (including phenoxy) is 1. The van der Waals surface area contributed by atoms with Crippen molar-refractivity contribution in [3.63, 3.8) is 0 Å². The Kier molecular flexibility index (Phi) is 4.80. The van der Waals surface area contributed by atoms with Crippen LogP contribution in [0.3, 0.4) is 0 Å². The van der Waals surface area contributed by atoms with Crippen molar-refractivity contribution < 1.29 is 18.3 Å². The summed E-state index contributed by atoms with van der Waals surface area (Å²) in [6, 6.07) is 0. The first-order valence-electron chi connectivity index (χ1n) is 4.83. The van der Waals surface area contributed by atoms with Crippen LogP contribution in [0.1, 0.15) is 24.6 Å². The van der Waals surface area contributed by atoms with Crippen molar-refractivity contribution in [1.29, 1.82) is 0 Å². The van der Waals surface area contributed by atoms with E-state index in [-0.39, 0.29) is 28.8 Å². The van der Waals surface area contributed by atoms with Crippen LogP contribution in [0.2, 0.25) is 0 Å². The fourth-order valence-corrected chi connectivity index (χ4v) is 1.89. The Morgan fingerprint density at radius 3 is 2.82 bits per heavy atom. The number of nitrogens with zero attached hydrogens (tertiary/aromatic N) is 1. The van der Waals surface area contributed by atoms with Crippen LogP contribution in [0.15, 0.2) is 10.7 Å². The Labute approximate surface area is 105 Å². The van der Waals surface area contributed by atoms with Crippen LogP contribution in [0.4, 0.5) is 14.5 Å². The molecule has 4 nitrogen and oxygen atoms in total. The lowest BCUT2D eigenvalue weighted by Crippen LogP contribution is -2.11. The molecule has 0 aliphatic heterocycles. The molecule has 0 aliphatic carbocycles. The SMILES string of the molecule is CCOC(=O)Cc1c(N)cnc(C(F)F)c1Br. The van der Waals surface area contributed by atoms with Gasteiger partial charge in [0.2, 0.25) is 0 Å². The molecular formula is C10H11BrF2N2O2. The molecule has 1 rings (SSSR count). The van der Waals surface area contributed by atoms with Crippen LogP contribution < -0.4 is 5.73 Å². The molecule has 0 atom stereocenters. The van der Waals surface area contributed by atoms with E-state index >= 15 is 0 Å². The van der Waals surface area contributed by atoms with Gasteiger partial charge in [0.05, 0.1) is 29.4 Å². The molecule has 0 spiro atoms. The summed E-state index contributed by atoms with van der Waals surface area (Å²) in [7, 11) is 0. The maximum absolute atomic E-state index is 12.6. The van der Waals surface area contributed by atoms with E-state index in [1.165, 1.54) is 0 Å². The van der Waals surface area contributed by atoms with Gasteiger partial charge in [-0.1, -0.05) is 0 Å². The number of nitrogen functional groups attached to an aromatic ring is 1. The van der Waals surface area contributed by atoms with Gasteiger partial charge in [-0.05, 0) is 22.9 Å². The van der Waals surface area contributed by atoms with Crippen molar-refractivity contribution >= 4 is 27.6 Å². The van der Waals surface area contributed by atoms with Crippen LogP contribution in [0.5, 0.6) is 0 Å². The zero-order chi connectivity index (χ0) is 13.0. The molecule has 0 amide bonds. The maximum atomic E-state index is 12.6. The number of aromatic nitrogens is 1. The first-order chi connectivity index (χ1) is 7.97. The molecule has 0 aliphatic rings. The van der Waals surface area contributed by atoms with Gasteiger partial charge in [-0.25, -0.2) is 8.78 Å². The van der Waals surface area contributed by atoms with Gasteiger partial charge in [0, 0.05) is 5.56 Å². The molecule has 94 valence electrons. The molecule has 0 aromatic carbocycles. The van der Waals surface area contributed by atoms with E-state index in [1.807, 2.05) is 0 Å². The molecule has 0 saturated heterocycles. The number of halogens is 3. The Morgan fingerprint density at radius 2 is 2.29 bits per heavy atom. The molecule has 1 aromatic rings. The highest BCUT2D eigenvalue weighted by molar-refractivity contribution is 9.10. The lowest BCUT2D eigenvalue weighted by Gasteiger charge is -2.10. The van der Waals surface area contributed by atoms with Crippen molar-refractivity contribution in [2.45, 2.75) is 19.8 Å². The second kappa shape index (κ2) is 5.90. The number of nitrogens with two attached hydrogens (primary N) is 1. The lowest BCUT2D eigenvalue weighted by molar-refractivity contribution is -0.142. The summed E-state index contributed by atoms with van der Waals surface area (Å²) in [4.78, 5) is 14.8. The van der Waals surface area contributed by atoms with E-state index < -0.39 is 18.1 Å². The van der Waals surface area contributed by atoms with Crippen LogP contribution >= 0.6 is 15.9 Å². The van der Waals surface area contributed by atoms with Crippen LogP contribution in [0, 0.1) is 0 Å². The molecule has 0 bridgehead atoms. The summed E-state index contributed by atoms with van der Waals surface area (Å²) in [6.07, 6.45) is -1.78. The van der Waals surface area contributed by atoms with E-state index in [4.69, 9.17) is 10.5 Å². The Bertz CT molecular complexity index is 427. The molecule has 1 aromatic heterocycles. The van der Waals surface area contributed by atoms with Crippen molar-refractivity contribution in [2.24, 2.45) is 0 Å². The van der Waals surface area contributed by atoms with Crippen LogP contribution in [0.25, 0.3) is 0 Å². The molecule has 1 heterocycles.